The van der Waals surface area contributed by atoms with Gasteiger partial charge in [0, 0.05) is 25.7 Å². The fourth-order valence-electron chi connectivity index (χ4n) is 4.09. The van der Waals surface area contributed by atoms with E-state index < -0.39 is 0 Å². The van der Waals surface area contributed by atoms with Crippen LogP contribution in [0.1, 0.15) is 35.6 Å². The summed E-state index contributed by atoms with van der Waals surface area (Å²) in [7, 11) is 0. The van der Waals surface area contributed by atoms with Crippen molar-refractivity contribution >= 4 is 17.3 Å². The average molecular weight is 416 g/mol. The minimum absolute atomic E-state index is 0.0468. The van der Waals surface area contributed by atoms with Gasteiger partial charge in [-0.05, 0) is 41.7 Å². The normalized spacial score (nSPS) is 15.1. The fraction of sp³-hybridized carbons (Fsp3) is 0.269. The third-order valence-corrected chi connectivity index (χ3v) is 5.95. The Kier molecular flexibility index (Phi) is 7.11. The zero-order chi connectivity index (χ0) is 20.6. The first-order chi connectivity index (χ1) is 14.8. The third-order valence-electron chi connectivity index (χ3n) is 5.71. The van der Waals surface area contributed by atoms with Crippen molar-refractivity contribution in [2.24, 2.45) is 0 Å². The second-order valence-corrected chi connectivity index (χ2v) is 8.32. The molecular weight excluding hydrogens is 386 g/mol. The molecule has 1 fully saturated rings. The van der Waals surface area contributed by atoms with Crippen LogP contribution in [0.3, 0.4) is 0 Å². The van der Waals surface area contributed by atoms with Crippen molar-refractivity contribution in [3.8, 4) is 0 Å². The summed E-state index contributed by atoms with van der Waals surface area (Å²) in [5, 5.41) is 7.85. The van der Waals surface area contributed by atoms with Crippen LogP contribution in [0.2, 0.25) is 0 Å². The Morgan fingerprint density at radius 1 is 0.800 bits per heavy atom. The van der Waals surface area contributed by atoms with Crippen LogP contribution in [0.25, 0.3) is 0 Å². The van der Waals surface area contributed by atoms with Crippen molar-refractivity contribution in [2.75, 3.05) is 13.1 Å². The first kappa shape index (κ1) is 20.6. The number of likely N-dealkylation sites (tertiary alicyclic amines) is 1. The van der Waals surface area contributed by atoms with Gasteiger partial charge in [0.05, 0.1) is 6.04 Å². The average Bonchev–Trinajstić information content (AvgIpc) is 2.81. The molecular formula is C26H29N3S. The first-order valence-corrected chi connectivity index (χ1v) is 11.1. The van der Waals surface area contributed by atoms with Crippen molar-refractivity contribution in [1.82, 2.24) is 15.5 Å². The Hall–Kier alpha value is -2.69. The van der Waals surface area contributed by atoms with Crippen LogP contribution in [0, 0.1) is 0 Å². The van der Waals surface area contributed by atoms with Crippen molar-refractivity contribution in [3.05, 3.63) is 108 Å². The van der Waals surface area contributed by atoms with Crippen molar-refractivity contribution in [3.63, 3.8) is 0 Å². The van der Waals surface area contributed by atoms with Gasteiger partial charge in [-0.3, -0.25) is 4.90 Å². The van der Waals surface area contributed by atoms with E-state index in [1.807, 2.05) is 12.1 Å². The zero-order valence-corrected chi connectivity index (χ0v) is 18.0. The van der Waals surface area contributed by atoms with Gasteiger partial charge in [-0.25, -0.2) is 0 Å². The summed E-state index contributed by atoms with van der Waals surface area (Å²) in [6, 6.07) is 32.2. The Labute approximate surface area is 185 Å². The van der Waals surface area contributed by atoms with Crippen LogP contribution in [0.4, 0.5) is 0 Å². The van der Waals surface area contributed by atoms with E-state index in [0.717, 1.165) is 37.6 Å². The maximum Gasteiger partial charge on any atom is 0.167 e. The van der Waals surface area contributed by atoms with Crippen LogP contribution in [-0.4, -0.2) is 29.1 Å². The molecule has 1 aliphatic heterocycles. The molecule has 0 unspecified atom stereocenters. The molecule has 3 aromatic rings. The Morgan fingerprint density at radius 3 is 1.83 bits per heavy atom. The highest BCUT2D eigenvalue weighted by atomic mass is 32.1. The molecule has 2 N–H and O–H groups in total. The minimum Gasteiger partial charge on any atom is -0.360 e. The van der Waals surface area contributed by atoms with E-state index in [2.05, 4.69) is 94.4 Å². The summed E-state index contributed by atoms with van der Waals surface area (Å²) < 4.78 is 0. The van der Waals surface area contributed by atoms with Gasteiger partial charge in [-0.15, -0.1) is 0 Å². The molecule has 30 heavy (non-hydrogen) atoms. The summed E-state index contributed by atoms with van der Waals surface area (Å²) in [6.07, 6.45) is 2.21. The Bertz CT molecular complexity index is 867. The molecule has 0 radical (unpaired) electrons. The molecule has 1 heterocycles. The summed E-state index contributed by atoms with van der Waals surface area (Å²) in [5.74, 6) is 0. The van der Waals surface area contributed by atoms with Crippen LogP contribution in [0.5, 0.6) is 0 Å². The molecule has 0 atom stereocenters. The van der Waals surface area contributed by atoms with E-state index in [9.17, 15) is 0 Å². The standard InChI is InChI=1S/C26H29N3S/c30-26(27-24-16-18-29(19-17-24)20-21-10-4-1-5-11-21)28-25(22-12-6-2-7-13-22)23-14-8-3-9-15-23/h1-15,24-25H,16-20H2,(H2,27,28,30). The number of piperidine rings is 1. The van der Waals surface area contributed by atoms with Crippen molar-refractivity contribution in [1.29, 1.82) is 0 Å². The van der Waals surface area contributed by atoms with Gasteiger partial charge in [-0.2, -0.15) is 0 Å². The van der Waals surface area contributed by atoms with E-state index in [4.69, 9.17) is 12.2 Å². The number of hydrogen-bond donors (Lipinski definition) is 2. The summed E-state index contributed by atoms with van der Waals surface area (Å²) in [4.78, 5) is 2.53. The molecule has 154 valence electrons. The molecule has 0 bridgehead atoms. The molecule has 3 nitrogen and oxygen atoms in total. The number of hydrogen-bond acceptors (Lipinski definition) is 2. The number of nitrogens with one attached hydrogen (secondary N) is 2. The Balaban J connectivity index is 1.32. The van der Waals surface area contributed by atoms with Crippen LogP contribution in [0.15, 0.2) is 91.0 Å². The maximum absolute atomic E-state index is 5.71. The van der Waals surface area contributed by atoms with Gasteiger partial charge in [0.25, 0.3) is 0 Å². The summed E-state index contributed by atoms with van der Waals surface area (Å²) in [5.41, 5.74) is 3.81. The van der Waals surface area contributed by atoms with Gasteiger partial charge in [0.2, 0.25) is 0 Å². The quantitative estimate of drug-likeness (QED) is 0.560. The molecule has 4 heteroatoms. The molecule has 4 rings (SSSR count). The summed E-state index contributed by atoms with van der Waals surface area (Å²) >= 11 is 5.71. The molecule has 1 saturated heterocycles. The molecule has 0 aromatic heterocycles. The highest BCUT2D eigenvalue weighted by molar-refractivity contribution is 7.80. The molecule has 0 amide bonds. The molecule has 1 aliphatic rings. The van der Waals surface area contributed by atoms with Crippen LogP contribution in [-0.2, 0) is 6.54 Å². The van der Waals surface area contributed by atoms with Crippen LogP contribution >= 0.6 is 12.2 Å². The minimum atomic E-state index is 0.0468. The summed E-state index contributed by atoms with van der Waals surface area (Å²) in [6.45, 7) is 3.21. The molecule has 0 aliphatic carbocycles. The lowest BCUT2D eigenvalue weighted by Crippen LogP contribution is -2.48. The van der Waals surface area contributed by atoms with Gasteiger partial charge in [0.15, 0.2) is 5.11 Å². The number of benzene rings is 3. The van der Waals surface area contributed by atoms with E-state index in [1.54, 1.807) is 0 Å². The smallest absolute Gasteiger partial charge is 0.167 e. The number of rotatable bonds is 6. The van der Waals surface area contributed by atoms with Gasteiger partial charge in [0.1, 0.15) is 0 Å². The zero-order valence-electron chi connectivity index (χ0n) is 17.2. The van der Waals surface area contributed by atoms with Crippen LogP contribution < -0.4 is 10.6 Å². The monoisotopic (exact) mass is 415 g/mol. The number of nitrogens with zero attached hydrogens (tertiary/aromatic N) is 1. The highest BCUT2D eigenvalue weighted by Crippen LogP contribution is 2.22. The van der Waals surface area contributed by atoms with E-state index >= 15 is 0 Å². The van der Waals surface area contributed by atoms with E-state index in [1.165, 1.54) is 16.7 Å². The third kappa shape index (κ3) is 5.68. The SMILES string of the molecule is S=C(NC1CCN(Cc2ccccc2)CC1)NC(c1ccccc1)c1ccccc1. The Morgan fingerprint density at radius 2 is 1.30 bits per heavy atom. The van der Waals surface area contributed by atoms with Gasteiger partial charge in [-0.1, -0.05) is 91.0 Å². The van der Waals surface area contributed by atoms with Gasteiger partial charge >= 0.3 is 0 Å². The maximum atomic E-state index is 5.71. The van der Waals surface area contributed by atoms with Gasteiger partial charge < -0.3 is 10.6 Å². The van der Waals surface area contributed by atoms with Crippen molar-refractivity contribution < 1.29 is 0 Å². The molecule has 3 aromatic carbocycles. The lowest BCUT2D eigenvalue weighted by atomic mass is 9.99. The van der Waals surface area contributed by atoms with E-state index in [-0.39, 0.29) is 6.04 Å². The second kappa shape index (κ2) is 10.4. The highest BCUT2D eigenvalue weighted by Gasteiger charge is 2.21. The topological polar surface area (TPSA) is 27.3 Å². The lowest BCUT2D eigenvalue weighted by molar-refractivity contribution is 0.199. The molecule has 0 saturated carbocycles. The predicted octanol–water partition coefficient (Wildman–Crippen LogP) is 4.90. The molecule has 0 spiro atoms. The predicted molar refractivity (Wildman–Crippen MR) is 128 cm³/mol. The first-order valence-electron chi connectivity index (χ1n) is 10.7. The largest absolute Gasteiger partial charge is 0.360 e. The second-order valence-electron chi connectivity index (χ2n) is 7.91. The lowest BCUT2D eigenvalue weighted by Gasteiger charge is -2.33. The van der Waals surface area contributed by atoms with E-state index in [0.29, 0.717) is 6.04 Å². The number of thiocarbonyl (C=S) groups is 1. The fourth-order valence-corrected chi connectivity index (χ4v) is 4.37. The van der Waals surface area contributed by atoms with Crippen molar-refractivity contribution in [2.45, 2.75) is 31.5 Å².